The summed E-state index contributed by atoms with van der Waals surface area (Å²) in [6.45, 7) is 0. The van der Waals surface area contributed by atoms with Gasteiger partial charge in [0.2, 0.25) is 0 Å². The van der Waals surface area contributed by atoms with E-state index in [-0.39, 0.29) is 6.42 Å². The van der Waals surface area contributed by atoms with Gasteiger partial charge in [-0.2, -0.15) is 0 Å². The van der Waals surface area contributed by atoms with Gasteiger partial charge in [-0.05, 0) is 12.3 Å². The topological polar surface area (TPSA) is 74.6 Å². The highest BCUT2D eigenvalue weighted by Gasteiger charge is 2.42. The number of rotatable bonds is 3. The number of aliphatic carboxylic acids is 1. The molecule has 1 fully saturated rings. The fraction of sp³-hybridized carbons (Fsp3) is 0.750. The Morgan fingerprint density at radius 2 is 2.23 bits per heavy atom. The summed E-state index contributed by atoms with van der Waals surface area (Å²) in [6.07, 6.45) is -0.0533. The molecule has 0 saturated heterocycles. The SMILES string of the molecule is O=CC1C(O)CC(Cl)C1CC(=O)O. The molecule has 1 aliphatic carbocycles. The summed E-state index contributed by atoms with van der Waals surface area (Å²) < 4.78 is 0. The number of aldehydes is 1. The van der Waals surface area contributed by atoms with Crippen molar-refractivity contribution in [2.24, 2.45) is 11.8 Å². The van der Waals surface area contributed by atoms with Crippen molar-refractivity contribution in [1.29, 1.82) is 0 Å². The number of alkyl halides is 1. The molecule has 2 N–H and O–H groups in total. The lowest BCUT2D eigenvalue weighted by Crippen LogP contribution is -2.24. The number of carboxylic acids is 1. The summed E-state index contributed by atoms with van der Waals surface area (Å²) in [4.78, 5) is 21.0. The lowest BCUT2D eigenvalue weighted by Gasteiger charge is -2.15. The van der Waals surface area contributed by atoms with E-state index in [0.29, 0.717) is 12.7 Å². The van der Waals surface area contributed by atoms with Crippen molar-refractivity contribution < 1.29 is 19.8 Å². The zero-order valence-corrected chi connectivity index (χ0v) is 7.65. The lowest BCUT2D eigenvalue weighted by atomic mass is 9.93. The van der Waals surface area contributed by atoms with Gasteiger partial charge in [-0.25, -0.2) is 0 Å². The molecular formula is C8H11ClO4. The number of carboxylic acid groups (broad SMARTS) is 1. The highest BCUT2D eigenvalue weighted by Crippen LogP contribution is 2.36. The van der Waals surface area contributed by atoms with Crippen LogP contribution in [0.5, 0.6) is 0 Å². The van der Waals surface area contributed by atoms with Crippen molar-refractivity contribution in [3.63, 3.8) is 0 Å². The second-order valence-corrected chi connectivity index (χ2v) is 3.85. The third-order valence-electron chi connectivity index (χ3n) is 2.44. The van der Waals surface area contributed by atoms with Gasteiger partial charge in [0.25, 0.3) is 0 Å². The molecule has 74 valence electrons. The molecule has 1 saturated carbocycles. The van der Waals surface area contributed by atoms with Gasteiger partial charge in [-0.1, -0.05) is 0 Å². The van der Waals surface area contributed by atoms with Crippen LogP contribution < -0.4 is 0 Å². The van der Waals surface area contributed by atoms with Crippen molar-refractivity contribution in [2.45, 2.75) is 24.3 Å². The molecule has 0 radical (unpaired) electrons. The van der Waals surface area contributed by atoms with Crippen molar-refractivity contribution in [2.75, 3.05) is 0 Å². The molecule has 0 aromatic heterocycles. The minimum Gasteiger partial charge on any atom is -0.481 e. The van der Waals surface area contributed by atoms with Crippen LogP contribution in [0.25, 0.3) is 0 Å². The average molecular weight is 207 g/mol. The maximum atomic E-state index is 10.5. The second kappa shape index (κ2) is 4.07. The van der Waals surface area contributed by atoms with Crippen molar-refractivity contribution in [1.82, 2.24) is 0 Å². The molecule has 13 heavy (non-hydrogen) atoms. The van der Waals surface area contributed by atoms with Crippen molar-refractivity contribution in [3.05, 3.63) is 0 Å². The van der Waals surface area contributed by atoms with Gasteiger partial charge in [0.05, 0.1) is 12.5 Å². The molecule has 0 bridgehead atoms. The van der Waals surface area contributed by atoms with Gasteiger partial charge in [0.1, 0.15) is 6.29 Å². The van der Waals surface area contributed by atoms with E-state index < -0.39 is 29.3 Å². The van der Waals surface area contributed by atoms with Gasteiger partial charge in [0.15, 0.2) is 0 Å². The Balaban J connectivity index is 2.68. The zero-order valence-electron chi connectivity index (χ0n) is 6.89. The number of hydrogen-bond donors (Lipinski definition) is 2. The first-order valence-corrected chi connectivity index (χ1v) is 4.49. The highest BCUT2D eigenvalue weighted by molar-refractivity contribution is 6.21. The Labute approximate surface area is 80.5 Å². The van der Waals surface area contributed by atoms with Gasteiger partial charge in [0, 0.05) is 11.3 Å². The average Bonchev–Trinajstić information content (AvgIpc) is 2.26. The largest absolute Gasteiger partial charge is 0.481 e. The number of hydrogen-bond acceptors (Lipinski definition) is 3. The number of aliphatic hydroxyl groups is 1. The van der Waals surface area contributed by atoms with Crippen molar-refractivity contribution in [3.8, 4) is 0 Å². The Bertz CT molecular complexity index is 218. The lowest BCUT2D eigenvalue weighted by molar-refractivity contribution is -0.138. The second-order valence-electron chi connectivity index (χ2n) is 3.29. The molecular weight excluding hydrogens is 196 g/mol. The Morgan fingerprint density at radius 1 is 1.62 bits per heavy atom. The summed E-state index contributed by atoms with van der Waals surface area (Å²) in [5.74, 6) is -2.05. The molecule has 0 amide bonds. The summed E-state index contributed by atoms with van der Waals surface area (Å²) in [7, 11) is 0. The van der Waals surface area contributed by atoms with Crippen LogP contribution in [-0.2, 0) is 9.59 Å². The molecule has 5 heteroatoms. The van der Waals surface area contributed by atoms with Crippen LogP contribution in [0.3, 0.4) is 0 Å². The van der Waals surface area contributed by atoms with E-state index in [1.165, 1.54) is 0 Å². The van der Waals surface area contributed by atoms with Gasteiger partial charge in [-0.3, -0.25) is 4.79 Å². The number of carbonyl (C=O) groups is 2. The van der Waals surface area contributed by atoms with E-state index >= 15 is 0 Å². The maximum absolute atomic E-state index is 10.5. The third kappa shape index (κ3) is 2.19. The summed E-state index contributed by atoms with van der Waals surface area (Å²) in [6, 6.07) is 0. The number of carbonyl (C=O) groups excluding carboxylic acids is 1. The summed E-state index contributed by atoms with van der Waals surface area (Å²) in [5.41, 5.74) is 0. The van der Waals surface area contributed by atoms with Gasteiger partial charge in [-0.15, -0.1) is 11.6 Å². The Kier molecular flexibility index (Phi) is 3.27. The van der Waals surface area contributed by atoms with Gasteiger partial charge >= 0.3 is 5.97 Å². The van der Waals surface area contributed by atoms with E-state index in [1.54, 1.807) is 0 Å². The first kappa shape index (κ1) is 10.5. The molecule has 0 aliphatic heterocycles. The zero-order chi connectivity index (χ0) is 10.0. The minimum atomic E-state index is -0.989. The fourth-order valence-electron chi connectivity index (χ4n) is 1.75. The number of halogens is 1. The molecule has 0 aromatic carbocycles. The minimum absolute atomic E-state index is 0.158. The third-order valence-corrected chi connectivity index (χ3v) is 2.94. The van der Waals surface area contributed by atoms with Crippen molar-refractivity contribution >= 4 is 23.9 Å². The monoisotopic (exact) mass is 206 g/mol. The van der Waals surface area contributed by atoms with E-state index in [1.807, 2.05) is 0 Å². The van der Waals surface area contributed by atoms with Crippen LogP contribution in [0.1, 0.15) is 12.8 Å². The standard InChI is InChI=1S/C8H11ClO4/c9-6-2-7(11)5(3-10)4(6)1-8(12)13/h3-7,11H,1-2H2,(H,12,13). The Hall–Kier alpha value is -0.610. The molecule has 1 rings (SSSR count). The Morgan fingerprint density at radius 3 is 2.69 bits per heavy atom. The smallest absolute Gasteiger partial charge is 0.303 e. The maximum Gasteiger partial charge on any atom is 0.303 e. The summed E-state index contributed by atoms with van der Waals surface area (Å²) >= 11 is 5.81. The predicted octanol–water partition coefficient (Wildman–Crippen LogP) is 0.264. The van der Waals surface area contributed by atoms with E-state index in [4.69, 9.17) is 16.7 Å². The number of aliphatic hydroxyl groups excluding tert-OH is 1. The van der Waals surface area contributed by atoms with Crippen LogP contribution in [0.4, 0.5) is 0 Å². The molecule has 4 unspecified atom stereocenters. The molecule has 0 heterocycles. The molecule has 0 aromatic rings. The van der Waals surface area contributed by atoms with Crippen LogP contribution in [0, 0.1) is 11.8 Å². The fourth-order valence-corrected chi connectivity index (χ4v) is 2.19. The van der Waals surface area contributed by atoms with Gasteiger partial charge < -0.3 is 15.0 Å². The van der Waals surface area contributed by atoms with E-state index in [9.17, 15) is 14.7 Å². The van der Waals surface area contributed by atoms with Crippen LogP contribution >= 0.6 is 11.6 Å². The van der Waals surface area contributed by atoms with Crippen LogP contribution in [-0.4, -0.2) is 33.9 Å². The predicted molar refractivity (Wildman–Crippen MR) is 45.6 cm³/mol. The molecule has 0 spiro atoms. The normalized spacial score (nSPS) is 38.9. The van der Waals surface area contributed by atoms with E-state index in [0.717, 1.165) is 0 Å². The highest BCUT2D eigenvalue weighted by atomic mass is 35.5. The quantitative estimate of drug-likeness (QED) is 0.513. The summed E-state index contributed by atoms with van der Waals surface area (Å²) in [5, 5.41) is 17.5. The molecule has 4 atom stereocenters. The van der Waals surface area contributed by atoms with Crippen LogP contribution in [0.15, 0.2) is 0 Å². The first-order chi connectivity index (χ1) is 6.06. The first-order valence-electron chi connectivity index (χ1n) is 4.05. The molecule has 1 aliphatic rings. The van der Waals surface area contributed by atoms with Crippen LogP contribution in [0.2, 0.25) is 0 Å². The molecule has 4 nitrogen and oxygen atoms in total. The van der Waals surface area contributed by atoms with E-state index in [2.05, 4.69) is 0 Å².